The molecule has 0 N–H and O–H groups in total. The molecule has 0 fully saturated rings. The van der Waals surface area contributed by atoms with Crippen LogP contribution in [0.3, 0.4) is 0 Å². The van der Waals surface area contributed by atoms with E-state index in [0.717, 1.165) is 44.2 Å². The van der Waals surface area contributed by atoms with Crippen molar-refractivity contribution in [3.63, 3.8) is 0 Å². The lowest BCUT2D eigenvalue weighted by molar-refractivity contribution is 0.670. The van der Waals surface area contributed by atoms with Crippen LogP contribution in [0.1, 0.15) is 0 Å². The van der Waals surface area contributed by atoms with E-state index in [0.29, 0.717) is 17.5 Å². The van der Waals surface area contributed by atoms with E-state index in [9.17, 15) is 0 Å². The molecule has 3 heterocycles. The Hall–Kier alpha value is -5.65. The molecule has 0 amide bonds. The van der Waals surface area contributed by atoms with E-state index in [2.05, 4.69) is 72.8 Å². The molecule has 0 unspecified atom stereocenters. The zero-order valence-corrected chi connectivity index (χ0v) is 24.3. The molecular formula is C39H23N3OS. The fourth-order valence-electron chi connectivity index (χ4n) is 6.14. The van der Waals surface area contributed by atoms with Gasteiger partial charge in [0.2, 0.25) is 0 Å². The Kier molecular flexibility index (Phi) is 5.64. The highest BCUT2D eigenvalue weighted by molar-refractivity contribution is 7.25. The first-order chi connectivity index (χ1) is 21.8. The van der Waals surface area contributed by atoms with Crippen molar-refractivity contribution < 1.29 is 4.42 Å². The number of fused-ring (bicyclic) bond motifs is 6. The molecule has 9 aromatic rings. The zero-order chi connectivity index (χ0) is 29.0. The van der Waals surface area contributed by atoms with Gasteiger partial charge in [0, 0.05) is 47.6 Å². The normalized spacial score (nSPS) is 11.6. The number of para-hydroxylation sites is 2. The second-order valence-corrected chi connectivity index (χ2v) is 11.9. The summed E-state index contributed by atoms with van der Waals surface area (Å²) in [6.07, 6.45) is 0. The zero-order valence-electron chi connectivity index (χ0n) is 23.4. The van der Waals surface area contributed by atoms with Crippen LogP contribution in [0.2, 0.25) is 0 Å². The van der Waals surface area contributed by atoms with Crippen LogP contribution in [0.25, 0.3) is 87.4 Å². The first-order valence-corrected chi connectivity index (χ1v) is 15.4. The van der Waals surface area contributed by atoms with Gasteiger partial charge >= 0.3 is 0 Å². The Morgan fingerprint density at radius 2 is 0.886 bits per heavy atom. The third kappa shape index (κ3) is 3.94. The summed E-state index contributed by atoms with van der Waals surface area (Å²) in [4.78, 5) is 14.8. The van der Waals surface area contributed by atoms with Crippen LogP contribution in [-0.2, 0) is 0 Å². The van der Waals surface area contributed by atoms with Crippen molar-refractivity contribution in [1.82, 2.24) is 15.0 Å². The Bertz CT molecular complexity index is 2440. The minimum atomic E-state index is 0.579. The van der Waals surface area contributed by atoms with Crippen LogP contribution in [0.15, 0.2) is 144 Å². The van der Waals surface area contributed by atoms with E-state index in [1.165, 1.54) is 25.7 Å². The third-order valence-corrected chi connectivity index (χ3v) is 9.29. The summed E-state index contributed by atoms with van der Waals surface area (Å²) in [5.74, 6) is 1.83. The van der Waals surface area contributed by atoms with Crippen LogP contribution >= 0.6 is 11.3 Å². The number of nitrogens with zero attached hydrogens (tertiary/aromatic N) is 3. The quantitative estimate of drug-likeness (QED) is 0.207. The summed E-state index contributed by atoms with van der Waals surface area (Å²) in [5, 5.41) is 4.63. The number of hydrogen-bond donors (Lipinski definition) is 0. The SMILES string of the molecule is c1ccc(-c2nc(-c3ccccc3)nc(-c3cccc4c3oc3c(-c5cccc6sc7ccccc7c56)cccc34)n2)cc1. The minimum absolute atomic E-state index is 0.579. The second kappa shape index (κ2) is 9.97. The van der Waals surface area contributed by atoms with Crippen molar-refractivity contribution in [2.24, 2.45) is 0 Å². The molecule has 4 nitrogen and oxygen atoms in total. The van der Waals surface area contributed by atoms with E-state index >= 15 is 0 Å². The van der Waals surface area contributed by atoms with Crippen molar-refractivity contribution in [1.29, 1.82) is 0 Å². The number of rotatable bonds is 4. The van der Waals surface area contributed by atoms with Gasteiger partial charge in [-0.25, -0.2) is 15.0 Å². The van der Waals surface area contributed by atoms with E-state index in [1.807, 2.05) is 78.1 Å². The van der Waals surface area contributed by atoms with Crippen LogP contribution in [0.5, 0.6) is 0 Å². The standard InChI is InChI=1S/C39H23N3OS/c1-3-12-24(13-4-1)37-40-38(25-14-5-2-6-15-25)42-39(41-37)31-21-10-20-29-28-19-9-18-27(35(28)43-36(29)31)26-17-11-23-33-34(26)30-16-7-8-22-32(30)44-33/h1-23H. The van der Waals surface area contributed by atoms with Crippen molar-refractivity contribution >= 4 is 53.4 Å². The molecule has 0 aliphatic carbocycles. The Morgan fingerprint density at radius 3 is 1.59 bits per heavy atom. The molecule has 0 radical (unpaired) electrons. The van der Waals surface area contributed by atoms with Crippen molar-refractivity contribution in [3.05, 3.63) is 140 Å². The Morgan fingerprint density at radius 1 is 0.386 bits per heavy atom. The lowest BCUT2D eigenvalue weighted by Crippen LogP contribution is -2.00. The molecule has 0 aliphatic heterocycles. The van der Waals surface area contributed by atoms with Crippen LogP contribution < -0.4 is 0 Å². The van der Waals surface area contributed by atoms with E-state index in [4.69, 9.17) is 19.4 Å². The molecule has 5 heteroatoms. The smallest absolute Gasteiger partial charge is 0.167 e. The van der Waals surface area contributed by atoms with Gasteiger partial charge in [-0.3, -0.25) is 0 Å². The highest BCUT2D eigenvalue weighted by atomic mass is 32.1. The number of furan rings is 1. The lowest BCUT2D eigenvalue weighted by Gasteiger charge is -2.08. The summed E-state index contributed by atoms with van der Waals surface area (Å²) in [6, 6.07) is 47.9. The van der Waals surface area contributed by atoms with Gasteiger partial charge < -0.3 is 4.42 Å². The Balaban J connectivity index is 1.30. The van der Waals surface area contributed by atoms with Gasteiger partial charge in [0.15, 0.2) is 17.5 Å². The highest BCUT2D eigenvalue weighted by Crippen LogP contribution is 2.44. The molecule has 9 rings (SSSR count). The van der Waals surface area contributed by atoms with Gasteiger partial charge in [-0.05, 0) is 23.8 Å². The highest BCUT2D eigenvalue weighted by Gasteiger charge is 2.20. The molecule has 0 atom stereocenters. The molecule has 44 heavy (non-hydrogen) atoms. The molecule has 0 spiro atoms. The molecule has 3 aromatic heterocycles. The molecule has 0 saturated carbocycles. The number of aromatic nitrogens is 3. The maximum atomic E-state index is 6.86. The molecule has 6 aromatic carbocycles. The summed E-state index contributed by atoms with van der Waals surface area (Å²) in [5.41, 5.74) is 6.57. The second-order valence-electron chi connectivity index (χ2n) is 10.8. The van der Waals surface area contributed by atoms with E-state index < -0.39 is 0 Å². The fraction of sp³-hybridized carbons (Fsp3) is 0. The van der Waals surface area contributed by atoms with Gasteiger partial charge in [-0.2, -0.15) is 0 Å². The first kappa shape index (κ1) is 24.9. The summed E-state index contributed by atoms with van der Waals surface area (Å²) < 4.78 is 9.41. The van der Waals surface area contributed by atoms with Gasteiger partial charge in [-0.15, -0.1) is 11.3 Å². The fourth-order valence-corrected chi connectivity index (χ4v) is 7.27. The van der Waals surface area contributed by atoms with Gasteiger partial charge in [0.1, 0.15) is 11.2 Å². The summed E-state index contributed by atoms with van der Waals surface area (Å²) in [6.45, 7) is 0. The van der Waals surface area contributed by atoms with Crippen molar-refractivity contribution in [2.45, 2.75) is 0 Å². The average molecular weight is 582 g/mol. The summed E-state index contributed by atoms with van der Waals surface area (Å²) >= 11 is 1.83. The van der Waals surface area contributed by atoms with Crippen molar-refractivity contribution in [2.75, 3.05) is 0 Å². The van der Waals surface area contributed by atoms with Gasteiger partial charge in [0.25, 0.3) is 0 Å². The maximum absolute atomic E-state index is 6.86. The number of hydrogen-bond acceptors (Lipinski definition) is 5. The largest absolute Gasteiger partial charge is 0.455 e. The predicted molar refractivity (Wildman–Crippen MR) is 182 cm³/mol. The number of benzene rings is 6. The minimum Gasteiger partial charge on any atom is -0.455 e. The monoisotopic (exact) mass is 581 g/mol. The first-order valence-electron chi connectivity index (χ1n) is 14.5. The number of thiophene rings is 1. The van der Waals surface area contributed by atoms with Crippen molar-refractivity contribution in [3.8, 4) is 45.3 Å². The Labute approximate surface area is 256 Å². The predicted octanol–water partition coefficient (Wildman–Crippen LogP) is 10.8. The van der Waals surface area contributed by atoms with E-state index in [1.54, 1.807) is 0 Å². The molecule has 0 bridgehead atoms. The third-order valence-electron chi connectivity index (χ3n) is 8.16. The molecule has 206 valence electrons. The van der Waals surface area contributed by atoms with Crippen LogP contribution in [-0.4, -0.2) is 15.0 Å². The van der Waals surface area contributed by atoms with E-state index in [-0.39, 0.29) is 0 Å². The maximum Gasteiger partial charge on any atom is 0.167 e. The van der Waals surface area contributed by atoms with Crippen LogP contribution in [0.4, 0.5) is 0 Å². The van der Waals surface area contributed by atoms with Gasteiger partial charge in [-0.1, -0.05) is 121 Å². The average Bonchev–Trinajstić information content (AvgIpc) is 3.68. The topological polar surface area (TPSA) is 51.8 Å². The molecule has 0 aliphatic rings. The lowest BCUT2D eigenvalue weighted by atomic mass is 9.97. The summed E-state index contributed by atoms with van der Waals surface area (Å²) in [7, 11) is 0. The molecular weight excluding hydrogens is 559 g/mol. The molecule has 0 saturated heterocycles. The van der Waals surface area contributed by atoms with Crippen LogP contribution in [0, 0.1) is 0 Å². The van der Waals surface area contributed by atoms with Gasteiger partial charge in [0.05, 0.1) is 5.56 Å².